The van der Waals surface area contributed by atoms with Gasteiger partial charge in [0.25, 0.3) is 0 Å². The van der Waals surface area contributed by atoms with E-state index in [1.165, 1.54) is 0 Å². The Labute approximate surface area is 210 Å². The van der Waals surface area contributed by atoms with Crippen LogP contribution >= 0.6 is 0 Å². The molecule has 0 radical (unpaired) electrons. The van der Waals surface area contributed by atoms with E-state index >= 15 is 0 Å². The van der Waals surface area contributed by atoms with Gasteiger partial charge in [0.05, 0.1) is 12.6 Å². The molecular formula is C30H30N2O4. The van der Waals surface area contributed by atoms with Crippen LogP contribution in [0.5, 0.6) is 17.2 Å². The molecule has 0 amide bonds. The zero-order valence-electron chi connectivity index (χ0n) is 20.2. The lowest BCUT2D eigenvalue weighted by Gasteiger charge is -2.15. The highest BCUT2D eigenvalue weighted by Gasteiger charge is 2.12. The summed E-state index contributed by atoms with van der Waals surface area (Å²) in [6.45, 7) is 1.67. The van der Waals surface area contributed by atoms with Crippen molar-refractivity contribution in [3.8, 4) is 28.4 Å². The molecule has 0 aliphatic rings. The summed E-state index contributed by atoms with van der Waals surface area (Å²) in [5.74, 6) is 2.27. The maximum atomic E-state index is 10.4. The average Bonchev–Trinajstić information content (AvgIpc) is 3.31. The van der Waals surface area contributed by atoms with Gasteiger partial charge in [-0.25, -0.2) is 0 Å². The van der Waals surface area contributed by atoms with E-state index in [4.69, 9.17) is 14.2 Å². The number of ether oxygens (including phenoxy) is 3. The summed E-state index contributed by atoms with van der Waals surface area (Å²) < 4.78 is 17.4. The van der Waals surface area contributed by atoms with Gasteiger partial charge in [0, 0.05) is 41.0 Å². The molecule has 0 aliphatic heterocycles. The van der Waals surface area contributed by atoms with Crippen LogP contribution in [0.15, 0.2) is 91.0 Å². The molecule has 0 spiro atoms. The predicted octanol–water partition coefficient (Wildman–Crippen LogP) is 5.41. The molecule has 0 aliphatic carbocycles. The van der Waals surface area contributed by atoms with E-state index in [1.54, 1.807) is 7.11 Å². The van der Waals surface area contributed by atoms with Crippen LogP contribution in [-0.2, 0) is 0 Å². The first-order valence-corrected chi connectivity index (χ1v) is 12.1. The first-order valence-electron chi connectivity index (χ1n) is 12.1. The summed E-state index contributed by atoms with van der Waals surface area (Å²) in [5, 5.41) is 15.8. The molecule has 1 aromatic heterocycles. The number of hydrogen-bond acceptors (Lipinski definition) is 5. The van der Waals surface area contributed by atoms with Gasteiger partial charge in [0.2, 0.25) is 0 Å². The molecule has 6 nitrogen and oxygen atoms in total. The number of H-pyrrole nitrogens is 1. The molecule has 1 atom stereocenters. The Morgan fingerprint density at radius 2 is 1.64 bits per heavy atom. The Bertz CT molecular complexity index is 1430. The molecule has 4 aromatic carbocycles. The number of fused-ring (bicyclic) bond motifs is 3. The normalized spacial score (nSPS) is 12.1. The number of aliphatic hydroxyl groups is 1. The van der Waals surface area contributed by atoms with Crippen molar-refractivity contribution in [3.63, 3.8) is 0 Å². The average molecular weight is 483 g/mol. The van der Waals surface area contributed by atoms with Crippen LogP contribution in [0.25, 0.3) is 32.9 Å². The Kier molecular flexibility index (Phi) is 7.36. The number of para-hydroxylation sites is 1. The van der Waals surface area contributed by atoms with Crippen LogP contribution < -0.4 is 19.5 Å². The minimum absolute atomic E-state index is 0.199. The summed E-state index contributed by atoms with van der Waals surface area (Å²) in [7, 11) is 1.66. The molecule has 0 saturated heterocycles. The lowest BCUT2D eigenvalue weighted by molar-refractivity contribution is 0.106. The number of nitrogens with one attached hydrogen (secondary N) is 2. The minimum Gasteiger partial charge on any atom is -0.496 e. The SMILES string of the molecule is COc1cc(OCCNCC(O)COc2cccc3[nH]c4ccccc4c23)ccc1-c1ccccc1. The fourth-order valence-electron chi connectivity index (χ4n) is 4.36. The lowest BCUT2D eigenvalue weighted by Crippen LogP contribution is -2.33. The first kappa shape index (κ1) is 23.7. The van der Waals surface area contributed by atoms with Gasteiger partial charge < -0.3 is 29.6 Å². The molecule has 1 unspecified atom stereocenters. The van der Waals surface area contributed by atoms with Crippen molar-refractivity contribution < 1.29 is 19.3 Å². The minimum atomic E-state index is -0.643. The fourth-order valence-corrected chi connectivity index (χ4v) is 4.36. The lowest BCUT2D eigenvalue weighted by atomic mass is 10.0. The molecule has 1 heterocycles. The zero-order valence-corrected chi connectivity index (χ0v) is 20.2. The van der Waals surface area contributed by atoms with Crippen molar-refractivity contribution in [1.82, 2.24) is 10.3 Å². The van der Waals surface area contributed by atoms with Crippen LogP contribution in [0, 0.1) is 0 Å². The van der Waals surface area contributed by atoms with E-state index in [0.717, 1.165) is 50.2 Å². The molecule has 0 bridgehead atoms. The second kappa shape index (κ2) is 11.2. The molecule has 0 saturated carbocycles. The third-order valence-electron chi connectivity index (χ3n) is 6.11. The number of aromatic amines is 1. The highest BCUT2D eigenvalue weighted by molar-refractivity contribution is 6.10. The van der Waals surface area contributed by atoms with Crippen molar-refractivity contribution in [2.24, 2.45) is 0 Å². The molecular weight excluding hydrogens is 452 g/mol. The topological polar surface area (TPSA) is 75.7 Å². The fraction of sp³-hybridized carbons (Fsp3) is 0.200. The molecule has 3 N–H and O–H groups in total. The molecule has 5 rings (SSSR count). The smallest absolute Gasteiger partial charge is 0.130 e. The van der Waals surface area contributed by atoms with Gasteiger partial charge in [-0.3, -0.25) is 0 Å². The summed E-state index contributed by atoms with van der Waals surface area (Å²) in [6.07, 6.45) is -0.643. The highest BCUT2D eigenvalue weighted by Crippen LogP contribution is 2.34. The quantitative estimate of drug-likeness (QED) is 0.220. The number of methoxy groups -OCH3 is 1. The Balaban J connectivity index is 1.09. The summed E-state index contributed by atoms with van der Waals surface area (Å²) in [5.41, 5.74) is 4.21. The van der Waals surface area contributed by atoms with Crippen molar-refractivity contribution in [3.05, 3.63) is 91.0 Å². The van der Waals surface area contributed by atoms with E-state index in [0.29, 0.717) is 19.7 Å². The van der Waals surface area contributed by atoms with Gasteiger partial charge >= 0.3 is 0 Å². The molecule has 0 fully saturated rings. The van der Waals surface area contributed by atoms with Gasteiger partial charge in [-0.15, -0.1) is 0 Å². The van der Waals surface area contributed by atoms with Gasteiger partial charge in [-0.1, -0.05) is 54.6 Å². The third kappa shape index (κ3) is 5.30. The van der Waals surface area contributed by atoms with Crippen LogP contribution in [-0.4, -0.2) is 49.6 Å². The van der Waals surface area contributed by atoms with Crippen molar-refractivity contribution in [2.45, 2.75) is 6.10 Å². The predicted molar refractivity (Wildman–Crippen MR) is 144 cm³/mol. The number of aromatic nitrogens is 1. The molecule has 36 heavy (non-hydrogen) atoms. The van der Waals surface area contributed by atoms with Gasteiger partial charge in [-0.05, 0) is 35.9 Å². The van der Waals surface area contributed by atoms with Gasteiger partial charge in [0.15, 0.2) is 0 Å². The Morgan fingerprint density at radius 3 is 2.50 bits per heavy atom. The molecule has 5 aromatic rings. The van der Waals surface area contributed by atoms with E-state index in [9.17, 15) is 5.11 Å². The summed E-state index contributed by atoms with van der Waals surface area (Å²) >= 11 is 0. The van der Waals surface area contributed by atoms with Crippen LogP contribution in [0.3, 0.4) is 0 Å². The molecule has 184 valence electrons. The van der Waals surface area contributed by atoms with Gasteiger partial charge in [0.1, 0.15) is 36.6 Å². The standard InChI is InChI=1S/C30H30N2O4/c1-34-29-18-23(14-15-24(29)21-8-3-2-4-9-21)35-17-16-31-19-22(33)20-36-28-13-7-12-27-30(28)25-10-5-6-11-26(25)32-27/h2-15,18,22,31-33H,16-17,19-20H2,1H3. The van der Waals surface area contributed by atoms with E-state index < -0.39 is 6.10 Å². The zero-order chi connectivity index (χ0) is 24.7. The van der Waals surface area contributed by atoms with Crippen LogP contribution in [0.2, 0.25) is 0 Å². The second-order valence-electron chi connectivity index (χ2n) is 8.59. The van der Waals surface area contributed by atoms with Crippen LogP contribution in [0.1, 0.15) is 0 Å². The number of rotatable bonds is 11. The van der Waals surface area contributed by atoms with E-state index in [2.05, 4.69) is 28.5 Å². The number of benzene rings is 4. The molecule has 6 heteroatoms. The second-order valence-corrected chi connectivity index (χ2v) is 8.59. The van der Waals surface area contributed by atoms with Crippen molar-refractivity contribution in [1.29, 1.82) is 0 Å². The largest absolute Gasteiger partial charge is 0.496 e. The maximum absolute atomic E-state index is 10.4. The Morgan fingerprint density at radius 1 is 0.833 bits per heavy atom. The number of hydrogen-bond donors (Lipinski definition) is 3. The number of aliphatic hydroxyl groups excluding tert-OH is 1. The van der Waals surface area contributed by atoms with E-state index in [1.807, 2.05) is 72.8 Å². The first-order chi connectivity index (χ1) is 17.7. The maximum Gasteiger partial charge on any atom is 0.130 e. The monoisotopic (exact) mass is 482 g/mol. The van der Waals surface area contributed by atoms with Gasteiger partial charge in [-0.2, -0.15) is 0 Å². The summed E-state index contributed by atoms with van der Waals surface area (Å²) in [6, 6.07) is 30.0. The Hall–Kier alpha value is -4.00. The van der Waals surface area contributed by atoms with Crippen molar-refractivity contribution >= 4 is 21.8 Å². The van der Waals surface area contributed by atoms with Crippen molar-refractivity contribution in [2.75, 3.05) is 33.4 Å². The highest BCUT2D eigenvalue weighted by atomic mass is 16.5. The van der Waals surface area contributed by atoms with Crippen LogP contribution in [0.4, 0.5) is 0 Å². The summed E-state index contributed by atoms with van der Waals surface area (Å²) in [4.78, 5) is 3.41. The third-order valence-corrected chi connectivity index (χ3v) is 6.11. The van der Waals surface area contributed by atoms with E-state index in [-0.39, 0.29) is 6.61 Å².